The number of halogens is 3. The summed E-state index contributed by atoms with van der Waals surface area (Å²) in [5.74, 6) is -0.747. The molecule has 0 aromatic heterocycles. The number of carbonyl (C=O) groups is 2. The van der Waals surface area contributed by atoms with Crippen molar-refractivity contribution >= 4 is 62.3 Å². The van der Waals surface area contributed by atoms with Gasteiger partial charge in [-0.25, -0.2) is 8.42 Å². The average molecular weight is 625 g/mol. The number of anilines is 1. The molecule has 3 rings (SSSR count). The lowest BCUT2D eigenvalue weighted by molar-refractivity contribution is -0.139. The summed E-state index contributed by atoms with van der Waals surface area (Å²) in [4.78, 5) is 28.4. The summed E-state index contributed by atoms with van der Waals surface area (Å²) in [6, 6.07) is 16.7. The predicted molar refractivity (Wildman–Crippen MR) is 161 cm³/mol. The molecular formula is C29H32Cl3N3O4S. The smallest absolute Gasteiger partial charge is 0.264 e. The lowest BCUT2D eigenvalue weighted by Crippen LogP contribution is -2.51. The maximum Gasteiger partial charge on any atom is 0.264 e. The van der Waals surface area contributed by atoms with E-state index in [4.69, 9.17) is 34.8 Å². The zero-order valence-corrected chi connectivity index (χ0v) is 25.8. The summed E-state index contributed by atoms with van der Waals surface area (Å²) >= 11 is 18.6. The van der Waals surface area contributed by atoms with Gasteiger partial charge in [0, 0.05) is 18.1 Å². The molecule has 0 fully saturated rings. The Bertz CT molecular complexity index is 1470. The van der Waals surface area contributed by atoms with Crippen molar-refractivity contribution in [3.8, 4) is 0 Å². The molecule has 2 amide bonds. The van der Waals surface area contributed by atoms with Gasteiger partial charge in [-0.2, -0.15) is 0 Å². The van der Waals surface area contributed by atoms with Gasteiger partial charge in [0.2, 0.25) is 11.8 Å². The second-order valence-electron chi connectivity index (χ2n) is 9.79. The van der Waals surface area contributed by atoms with Crippen LogP contribution >= 0.6 is 34.8 Å². The van der Waals surface area contributed by atoms with E-state index in [2.05, 4.69) is 5.32 Å². The molecule has 214 valence electrons. The number of hydrogen-bond acceptors (Lipinski definition) is 4. The molecule has 11 heteroatoms. The van der Waals surface area contributed by atoms with Gasteiger partial charge >= 0.3 is 0 Å². The number of amides is 2. The van der Waals surface area contributed by atoms with Crippen LogP contribution in [0.3, 0.4) is 0 Å². The molecule has 0 unspecified atom stereocenters. The first kappa shape index (κ1) is 31.7. The SMILES string of the molecule is Cc1c(Cl)cccc1N(CC(=O)N(Cc1ccc(Cl)c(Cl)c1)[C@@H](C)C(=O)NCC(C)C)S(=O)(=O)c1ccccc1. The Balaban J connectivity index is 2.06. The minimum atomic E-state index is -4.19. The summed E-state index contributed by atoms with van der Waals surface area (Å²) in [7, 11) is -4.19. The van der Waals surface area contributed by atoms with Gasteiger partial charge in [-0.1, -0.05) is 79.0 Å². The zero-order chi connectivity index (χ0) is 29.6. The normalized spacial score (nSPS) is 12.2. The molecule has 0 radical (unpaired) electrons. The number of nitrogens with one attached hydrogen (secondary N) is 1. The molecule has 0 spiro atoms. The third-order valence-corrected chi connectivity index (χ3v) is 9.23. The van der Waals surface area contributed by atoms with Gasteiger partial charge in [-0.05, 0) is 67.3 Å². The second-order valence-corrected chi connectivity index (χ2v) is 12.9. The quantitative estimate of drug-likeness (QED) is 0.270. The highest BCUT2D eigenvalue weighted by molar-refractivity contribution is 7.92. The molecule has 0 aliphatic heterocycles. The van der Waals surface area contributed by atoms with Gasteiger partial charge in [-0.15, -0.1) is 0 Å². The molecule has 1 N–H and O–H groups in total. The Labute approximate surface area is 251 Å². The molecule has 0 aliphatic rings. The molecule has 0 saturated heterocycles. The van der Waals surface area contributed by atoms with E-state index in [9.17, 15) is 18.0 Å². The number of sulfonamides is 1. The van der Waals surface area contributed by atoms with Crippen LogP contribution in [0.1, 0.15) is 31.9 Å². The van der Waals surface area contributed by atoms with Crippen molar-refractivity contribution in [1.29, 1.82) is 0 Å². The lowest BCUT2D eigenvalue weighted by atomic mass is 10.1. The Morgan fingerprint density at radius 1 is 0.875 bits per heavy atom. The fourth-order valence-electron chi connectivity index (χ4n) is 3.97. The van der Waals surface area contributed by atoms with E-state index in [1.165, 1.54) is 17.0 Å². The summed E-state index contributed by atoms with van der Waals surface area (Å²) in [5, 5.41) is 3.85. The lowest BCUT2D eigenvalue weighted by Gasteiger charge is -2.32. The first-order valence-corrected chi connectivity index (χ1v) is 15.2. The number of hydrogen-bond donors (Lipinski definition) is 1. The topological polar surface area (TPSA) is 86.8 Å². The largest absolute Gasteiger partial charge is 0.354 e. The standard InChI is InChI=1S/C29H32Cl3N3O4S/c1-19(2)16-33-29(37)21(4)34(17-22-13-14-25(31)26(32)15-22)28(36)18-35(27-12-8-11-24(30)20(27)3)40(38,39)23-9-6-5-7-10-23/h5-15,19,21H,16-18H2,1-4H3,(H,33,37)/t21-/m0/s1. The maximum absolute atomic E-state index is 14.0. The molecule has 3 aromatic rings. The Kier molecular flexibility index (Phi) is 10.9. The van der Waals surface area contributed by atoms with Crippen molar-refractivity contribution < 1.29 is 18.0 Å². The molecule has 0 bridgehead atoms. The van der Waals surface area contributed by atoms with Gasteiger partial charge < -0.3 is 10.2 Å². The fourth-order valence-corrected chi connectivity index (χ4v) is 5.95. The van der Waals surface area contributed by atoms with E-state index in [1.807, 2.05) is 13.8 Å². The van der Waals surface area contributed by atoms with E-state index in [-0.39, 0.29) is 29.0 Å². The Morgan fingerprint density at radius 2 is 1.55 bits per heavy atom. The van der Waals surface area contributed by atoms with E-state index in [0.717, 1.165) is 4.31 Å². The van der Waals surface area contributed by atoms with Crippen LogP contribution in [-0.4, -0.2) is 44.3 Å². The van der Waals surface area contributed by atoms with E-state index < -0.39 is 28.5 Å². The van der Waals surface area contributed by atoms with Crippen LogP contribution in [0.25, 0.3) is 0 Å². The number of benzene rings is 3. The Morgan fingerprint density at radius 3 is 2.17 bits per heavy atom. The third kappa shape index (κ3) is 7.69. The van der Waals surface area contributed by atoms with Crippen molar-refractivity contribution in [2.45, 2.75) is 45.2 Å². The highest BCUT2D eigenvalue weighted by Crippen LogP contribution is 2.31. The minimum Gasteiger partial charge on any atom is -0.354 e. The fraction of sp³-hybridized carbons (Fsp3) is 0.310. The van der Waals surface area contributed by atoms with Crippen LogP contribution in [0.2, 0.25) is 15.1 Å². The van der Waals surface area contributed by atoms with Crippen LogP contribution in [-0.2, 0) is 26.2 Å². The average Bonchev–Trinajstić information content (AvgIpc) is 2.92. The third-order valence-electron chi connectivity index (χ3n) is 6.31. The minimum absolute atomic E-state index is 0.000258. The maximum atomic E-state index is 14.0. The Hall–Kier alpha value is -2.78. The predicted octanol–water partition coefficient (Wildman–Crippen LogP) is 6.34. The monoisotopic (exact) mass is 623 g/mol. The van der Waals surface area contributed by atoms with E-state index in [0.29, 0.717) is 32.7 Å². The van der Waals surface area contributed by atoms with Crippen LogP contribution in [0.4, 0.5) is 5.69 Å². The number of rotatable bonds is 11. The van der Waals surface area contributed by atoms with Gasteiger partial charge in [-0.3, -0.25) is 13.9 Å². The van der Waals surface area contributed by atoms with Gasteiger partial charge in [0.05, 0.1) is 20.6 Å². The molecule has 1 atom stereocenters. The summed E-state index contributed by atoms with van der Waals surface area (Å²) in [5.41, 5.74) is 1.38. The van der Waals surface area contributed by atoms with Crippen LogP contribution in [0, 0.1) is 12.8 Å². The second kappa shape index (κ2) is 13.7. The summed E-state index contributed by atoms with van der Waals surface area (Å²) in [6.45, 7) is 7.07. The highest BCUT2D eigenvalue weighted by atomic mass is 35.5. The van der Waals surface area contributed by atoms with Crippen LogP contribution in [0.5, 0.6) is 0 Å². The summed E-state index contributed by atoms with van der Waals surface area (Å²) < 4.78 is 28.8. The highest BCUT2D eigenvalue weighted by Gasteiger charge is 2.33. The molecule has 0 aliphatic carbocycles. The van der Waals surface area contributed by atoms with E-state index >= 15 is 0 Å². The van der Waals surface area contributed by atoms with E-state index in [1.54, 1.807) is 68.4 Å². The molecule has 3 aromatic carbocycles. The van der Waals surface area contributed by atoms with Crippen molar-refractivity contribution in [3.63, 3.8) is 0 Å². The molecule has 0 heterocycles. The van der Waals surface area contributed by atoms with Crippen molar-refractivity contribution in [3.05, 3.63) is 92.9 Å². The molecular weight excluding hydrogens is 593 g/mol. The molecule has 0 saturated carbocycles. The number of nitrogens with zero attached hydrogens (tertiary/aromatic N) is 2. The van der Waals surface area contributed by atoms with Crippen molar-refractivity contribution in [2.75, 3.05) is 17.4 Å². The van der Waals surface area contributed by atoms with Crippen molar-refractivity contribution in [1.82, 2.24) is 10.2 Å². The van der Waals surface area contributed by atoms with Crippen molar-refractivity contribution in [2.24, 2.45) is 5.92 Å². The molecule has 40 heavy (non-hydrogen) atoms. The van der Waals surface area contributed by atoms with Gasteiger partial charge in [0.1, 0.15) is 12.6 Å². The molecule has 7 nitrogen and oxygen atoms in total. The van der Waals surface area contributed by atoms with Gasteiger partial charge in [0.15, 0.2) is 0 Å². The first-order valence-electron chi connectivity index (χ1n) is 12.7. The first-order chi connectivity index (χ1) is 18.8. The zero-order valence-electron chi connectivity index (χ0n) is 22.7. The van der Waals surface area contributed by atoms with Crippen LogP contribution < -0.4 is 9.62 Å². The number of carbonyl (C=O) groups excluding carboxylic acids is 2. The summed E-state index contributed by atoms with van der Waals surface area (Å²) in [6.07, 6.45) is 0. The van der Waals surface area contributed by atoms with Crippen LogP contribution in [0.15, 0.2) is 71.6 Å². The van der Waals surface area contributed by atoms with Gasteiger partial charge in [0.25, 0.3) is 10.0 Å².